The fraction of sp³-hybridized carbons (Fsp3) is 0.321. The number of ether oxygens (including phenoxy) is 1. The molecule has 2 rings (SSSR count). The van der Waals surface area contributed by atoms with Gasteiger partial charge < -0.3 is 14.9 Å². The van der Waals surface area contributed by atoms with Crippen molar-refractivity contribution >= 4 is 11.9 Å². The molecule has 0 aliphatic heterocycles. The standard InChI is InChI=1S/C28H34O4/c1-8-17-32-26-20(24(30)16-13-21(26)27(4,5)9-2)12-15-23(29)19-11-14-25(31)22(18-19)28(6,7)10-3/h9-16,18,30-31H,2-3,8,17H2,1,4-7H3. The molecule has 2 aromatic rings. The van der Waals surface area contributed by atoms with Crippen LogP contribution in [0.25, 0.3) is 6.08 Å². The van der Waals surface area contributed by atoms with E-state index >= 15 is 0 Å². The van der Waals surface area contributed by atoms with Crippen LogP contribution in [0.3, 0.4) is 0 Å². The number of hydrogen-bond donors (Lipinski definition) is 2. The fourth-order valence-electron chi connectivity index (χ4n) is 3.30. The first-order valence-electron chi connectivity index (χ1n) is 10.8. The Morgan fingerprint density at radius 2 is 1.56 bits per heavy atom. The lowest BCUT2D eigenvalue weighted by molar-refractivity contribution is 0.104. The van der Waals surface area contributed by atoms with Crippen molar-refractivity contribution in [3.05, 3.63) is 84.0 Å². The molecule has 0 aromatic heterocycles. The number of phenols is 2. The maximum absolute atomic E-state index is 12.9. The third kappa shape index (κ3) is 5.31. The van der Waals surface area contributed by atoms with Crippen molar-refractivity contribution in [3.8, 4) is 17.2 Å². The van der Waals surface area contributed by atoms with Crippen LogP contribution in [0.2, 0.25) is 0 Å². The average Bonchev–Trinajstić information content (AvgIpc) is 2.76. The Morgan fingerprint density at radius 1 is 0.969 bits per heavy atom. The van der Waals surface area contributed by atoms with E-state index in [0.717, 1.165) is 12.0 Å². The SMILES string of the molecule is C=CC(C)(C)c1cc(C(=O)C=Cc2c(O)ccc(C(C)(C)C=C)c2OCCC)ccc1O. The van der Waals surface area contributed by atoms with Gasteiger partial charge in [0.2, 0.25) is 0 Å². The Bertz CT molecular complexity index is 1040. The van der Waals surface area contributed by atoms with Crippen LogP contribution in [0, 0.1) is 0 Å². The molecule has 0 heterocycles. The second kappa shape index (κ2) is 9.90. The second-order valence-corrected chi connectivity index (χ2v) is 9.00. The molecule has 0 unspecified atom stereocenters. The summed E-state index contributed by atoms with van der Waals surface area (Å²) in [5.74, 6) is 0.436. The topological polar surface area (TPSA) is 66.8 Å². The average molecular weight is 435 g/mol. The molecule has 2 aromatic carbocycles. The highest BCUT2D eigenvalue weighted by Crippen LogP contribution is 2.40. The summed E-state index contributed by atoms with van der Waals surface area (Å²) in [6.07, 6.45) is 7.36. The Morgan fingerprint density at radius 3 is 2.16 bits per heavy atom. The molecule has 0 aliphatic carbocycles. The van der Waals surface area contributed by atoms with Crippen molar-refractivity contribution in [2.75, 3.05) is 6.61 Å². The van der Waals surface area contributed by atoms with E-state index in [1.165, 1.54) is 12.1 Å². The van der Waals surface area contributed by atoms with Gasteiger partial charge in [0.25, 0.3) is 0 Å². The smallest absolute Gasteiger partial charge is 0.185 e. The largest absolute Gasteiger partial charge is 0.508 e. The van der Waals surface area contributed by atoms with E-state index in [-0.39, 0.29) is 22.7 Å². The van der Waals surface area contributed by atoms with Gasteiger partial charge in [-0.3, -0.25) is 4.79 Å². The Hall–Kier alpha value is -3.27. The van der Waals surface area contributed by atoms with Crippen molar-refractivity contribution in [1.82, 2.24) is 0 Å². The second-order valence-electron chi connectivity index (χ2n) is 9.00. The maximum Gasteiger partial charge on any atom is 0.185 e. The van der Waals surface area contributed by atoms with Gasteiger partial charge in [-0.15, -0.1) is 13.2 Å². The van der Waals surface area contributed by atoms with Gasteiger partial charge in [0.05, 0.1) is 12.2 Å². The summed E-state index contributed by atoms with van der Waals surface area (Å²) in [6.45, 7) is 18.1. The monoisotopic (exact) mass is 434 g/mol. The number of allylic oxidation sites excluding steroid dienone is 3. The predicted octanol–water partition coefficient (Wildman–Crippen LogP) is 6.71. The van der Waals surface area contributed by atoms with Crippen molar-refractivity contribution in [3.63, 3.8) is 0 Å². The summed E-state index contributed by atoms with van der Waals surface area (Å²) < 4.78 is 6.00. The first-order chi connectivity index (χ1) is 15.0. The minimum atomic E-state index is -0.492. The molecule has 0 aliphatic rings. The Kier molecular flexibility index (Phi) is 7.73. The molecule has 0 spiro atoms. The number of rotatable bonds is 10. The minimum Gasteiger partial charge on any atom is -0.508 e. The van der Waals surface area contributed by atoms with Gasteiger partial charge in [-0.1, -0.05) is 52.8 Å². The number of phenolic OH excluding ortho intramolecular Hbond substituents is 2. The third-order valence-electron chi connectivity index (χ3n) is 5.72. The summed E-state index contributed by atoms with van der Waals surface area (Å²) >= 11 is 0. The molecule has 170 valence electrons. The molecule has 2 N–H and O–H groups in total. The number of ketones is 1. The molecule has 0 atom stereocenters. The number of carbonyl (C=O) groups excluding carboxylic acids is 1. The lowest BCUT2D eigenvalue weighted by Gasteiger charge is -2.25. The van der Waals surface area contributed by atoms with Crippen LogP contribution < -0.4 is 4.74 Å². The molecule has 4 heteroatoms. The first-order valence-corrected chi connectivity index (χ1v) is 10.8. The molecular formula is C28H34O4. The molecule has 0 saturated carbocycles. The van der Waals surface area contributed by atoms with Gasteiger partial charge in [0.1, 0.15) is 17.2 Å². The number of carbonyl (C=O) groups is 1. The van der Waals surface area contributed by atoms with Gasteiger partial charge in [-0.25, -0.2) is 0 Å². The van der Waals surface area contributed by atoms with Crippen LogP contribution in [-0.4, -0.2) is 22.6 Å². The van der Waals surface area contributed by atoms with Gasteiger partial charge in [0.15, 0.2) is 5.78 Å². The van der Waals surface area contributed by atoms with Crippen LogP contribution in [0.15, 0.2) is 61.7 Å². The van der Waals surface area contributed by atoms with Crippen LogP contribution in [0.1, 0.15) is 68.1 Å². The van der Waals surface area contributed by atoms with Crippen LogP contribution in [-0.2, 0) is 10.8 Å². The van der Waals surface area contributed by atoms with E-state index in [4.69, 9.17) is 4.74 Å². The fourth-order valence-corrected chi connectivity index (χ4v) is 3.30. The zero-order chi connectivity index (χ0) is 24.1. The number of aromatic hydroxyl groups is 2. The van der Waals surface area contributed by atoms with E-state index < -0.39 is 5.41 Å². The quantitative estimate of drug-likeness (QED) is 0.248. The van der Waals surface area contributed by atoms with Gasteiger partial charge in [-0.2, -0.15) is 0 Å². The predicted molar refractivity (Wildman–Crippen MR) is 132 cm³/mol. The summed E-state index contributed by atoms with van der Waals surface area (Å²) in [5, 5.41) is 20.8. The lowest BCUT2D eigenvalue weighted by Crippen LogP contribution is -2.16. The van der Waals surface area contributed by atoms with E-state index in [0.29, 0.717) is 29.0 Å². The summed E-state index contributed by atoms with van der Waals surface area (Å²) in [7, 11) is 0. The van der Waals surface area contributed by atoms with E-state index in [2.05, 4.69) is 13.2 Å². The zero-order valence-electron chi connectivity index (χ0n) is 19.7. The lowest BCUT2D eigenvalue weighted by atomic mass is 9.82. The van der Waals surface area contributed by atoms with Gasteiger partial charge in [0, 0.05) is 27.5 Å². The Labute approximate surface area is 191 Å². The van der Waals surface area contributed by atoms with E-state index in [9.17, 15) is 15.0 Å². The van der Waals surface area contributed by atoms with Crippen LogP contribution in [0.5, 0.6) is 17.2 Å². The highest BCUT2D eigenvalue weighted by molar-refractivity contribution is 6.07. The summed E-state index contributed by atoms with van der Waals surface area (Å²) in [4.78, 5) is 12.9. The third-order valence-corrected chi connectivity index (χ3v) is 5.72. The molecule has 32 heavy (non-hydrogen) atoms. The molecule has 0 saturated heterocycles. The normalized spacial score (nSPS) is 12.0. The summed E-state index contributed by atoms with van der Waals surface area (Å²) in [6, 6.07) is 8.20. The molecule has 0 bridgehead atoms. The van der Waals surface area contributed by atoms with Crippen LogP contribution >= 0.6 is 0 Å². The van der Waals surface area contributed by atoms with Crippen LogP contribution in [0.4, 0.5) is 0 Å². The van der Waals surface area contributed by atoms with Crippen molar-refractivity contribution in [2.45, 2.75) is 51.9 Å². The van der Waals surface area contributed by atoms with Crippen molar-refractivity contribution in [2.24, 2.45) is 0 Å². The minimum absolute atomic E-state index is 0.0305. The molecule has 0 fully saturated rings. The molecule has 0 radical (unpaired) electrons. The number of benzene rings is 2. The highest BCUT2D eigenvalue weighted by Gasteiger charge is 2.25. The van der Waals surface area contributed by atoms with E-state index in [1.54, 1.807) is 30.4 Å². The number of hydrogen-bond acceptors (Lipinski definition) is 4. The zero-order valence-corrected chi connectivity index (χ0v) is 19.7. The first kappa shape index (κ1) is 25.0. The van der Waals surface area contributed by atoms with Gasteiger partial charge in [-0.05, 0) is 42.8 Å². The van der Waals surface area contributed by atoms with Gasteiger partial charge >= 0.3 is 0 Å². The molecular weight excluding hydrogens is 400 g/mol. The summed E-state index contributed by atoms with van der Waals surface area (Å²) in [5.41, 5.74) is 1.51. The highest BCUT2D eigenvalue weighted by atomic mass is 16.5. The molecule has 0 amide bonds. The van der Waals surface area contributed by atoms with Crippen molar-refractivity contribution < 1.29 is 19.7 Å². The van der Waals surface area contributed by atoms with E-state index in [1.807, 2.05) is 46.8 Å². The Balaban J connectivity index is 2.52. The van der Waals surface area contributed by atoms with Crippen molar-refractivity contribution in [1.29, 1.82) is 0 Å². The molecule has 4 nitrogen and oxygen atoms in total. The maximum atomic E-state index is 12.9.